The van der Waals surface area contributed by atoms with E-state index in [-0.39, 0.29) is 0 Å². The summed E-state index contributed by atoms with van der Waals surface area (Å²) in [5.41, 5.74) is 9.28. The van der Waals surface area contributed by atoms with Gasteiger partial charge in [-0.25, -0.2) is 4.98 Å². The molecule has 0 unspecified atom stereocenters. The Bertz CT molecular complexity index is 1510. The summed E-state index contributed by atoms with van der Waals surface area (Å²) >= 11 is 0. The Morgan fingerprint density at radius 3 is 2.50 bits per heavy atom. The van der Waals surface area contributed by atoms with E-state index in [2.05, 4.69) is 82.5 Å². The van der Waals surface area contributed by atoms with E-state index in [1.807, 2.05) is 25.3 Å². The fourth-order valence-corrected chi connectivity index (χ4v) is 4.43. The first kappa shape index (κ1) is 20.6. The van der Waals surface area contributed by atoms with Crippen LogP contribution in [0.1, 0.15) is 30.5 Å². The van der Waals surface area contributed by atoms with E-state index >= 15 is 0 Å². The topological polar surface area (TPSA) is 55.1 Å². The Balaban J connectivity index is 1.62. The van der Waals surface area contributed by atoms with E-state index in [1.165, 1.54) is 12.0 Å². The molecule has 2 aliphatic carbocycles. The van der Waals surface area contributed by atoms with E-state index < -0.39 is 0 Å². The number of benzene rings is 3. The smallest absolute Gasteiger partial charge is 0.0900 e. The summed E-state index contributed by atoms with van der Waals surface area (Å²) in [6.45, 7) is 4.11. The van der Waals surface area contributed by atoms with Crippen LogP contribution in [0.25, 0.3) is 28.1 Å². The maximum absolute atomic E-state index is 5.13. The average molecular weight is 446 g/mol. The van der Waals surface area contributed by atoms with Crippen LogP contribution in [-0.2, 0) is 0 Å². The van der Waals surface area contributed by atoms with Crippen LogP contribution in [-0.4, -0.2) is 20.6 Å². The summed E-state index contributed by atoms with van der Waals surface area (Å²) in [6.07, 6.45) is 5.42. The normalized spacial score (nSPS) is 14.5. The number of rotatable bonds is 4. The Kier molecular flexibility index (Phi) is 5.10. The SMILES string of the molecule is Cc1ccc(-n2c3c/c(=N\C4CCC4)c(Nc4ccc(C)nc4)cc-3nc3ccccc32)cc1. The van der Waals surface area contributed by atoms with Gasteiger partial charge < -0.3 is 9.88 Å². The monoisotopic (exact) mass is 445 g/mol. The highest BCUT2D eigenvalue weighted by Gasteiger charge is 2.19. The van der Waals surface area contributed by atoms with Crippen molar-refractivity contribution in [2.24, 2.45) is 4.99 Å². The van der Waals surface area contributed by atoms with Crippen molar-refractivity contribution in [1.29, 1.82) is 0 Å². The maximum Gasteiger partial charge on any atom is 0.0900 e. The van der Waals surface area contributed by atoms with E-state index in [1.54, 1.807) is 0 Å². The third-order valence-electron chi connectivity index (χ3n) is 6.58. The molecule has 1 aliphatic heterocycles. The Morgan fingerprint density at radius 1 is 0.941 bits per heavy atom. The Hall–Kier alpha value is -3.99. The lowest BCUT2D eigenvalue weighted by Crippen LogP contribution is -2.22. The van der Waals surface area contributed by atoms with Crippen LogP contribution < -0.4 is 10.7 Å². The summed E-state index contributed by atoms with van der Waals surface area (Å²) in [6, 6.07) is 25.8. The lowest BCUT2D eigenvalue weighted by molar-refractivity contribution is 0.413. The molecule has 0 radical (unpaired) electrons. The first-order valence-electron chi connectivity index (χ1n) is 11.9. The lowest BCUT2D eigenvalue weighted by atomic mass is 9.94. The van der Waals surface area contributed by atoms with Crippen LogP contribution in [0.15, 0.2) is 84.0 Å². The molecule has 3 aromatic rings. The molecule has 34 heavy (non-hydrogen) atoms. The Labute approximate surface area is 199 Å². The number of para-hydroxylation sites is 2. The number of hydrogen-bond acceptors (Lipinski definition) is 4. The third-order valence-corrected chi connectivity index (χ3v) is 6.58. The fourth-order valence-electron chi connectivity index (χ4n) is 4.43. The van der Waals surface area contributed by atoms with Gasteiger partial charge >= 0.3 is 0 Å². The zero-order chi connectivity index (χ0) is 23.1. The standard InChI is InChI=1S/C29H27N5/c1-19-10-14-23(15-11-19)34-28-9-4-3-8-24(28)33-27-16-25(32-22-13-12-20(2)30-18-22)26(17-29(27)34)31-21-6-5-7-21/h3-4,8-18,21,32H,5-7H2,1-2H3/b31-26+. The minimum Gasteiger partial charge on any atom is -0.352 e. The first-order chi connectivity index (χ1) is 16.6. The van der Waals surface area contributed by atoms with Crippen molar-refractivity contribution in [3.8, 4) is 17.1 Å². The van der Waals surface area contributed by atoms with Crippen molar-refractivity contribution < 1.29 is 0 Å². The van der Waals surface area contributed by atoms with Gasteiger partial charge in [-0.2, -0.15) is 0 Å². The second kappa shape index (κ2) is 8.41. The summed E-state index contributed by atoms with van der Waals surface area (Å²) < 4.78 is 2.30. The molecule has 168 valence electrons. The van der Waals surface area contributed by atoms with Crippen molar-refractivity contribution in [3.05, 3.63) is 95.6 Å². The van der Waals surface area contributed by atoms with Gasteiger partial charge in [-0.1, -0.05) is 29.8 Å². The van der Waals surface area contributed by atoms with E-state index in [9.17, 15) is 0 Å². The number of aryl methyl sites for hydroxylation is 2. The molecule has 0 spiro atoms. The number of anilines is 2. The molecule has 0 bridgehead atoms. The van der Waals surface area contributed by atoms with Crippen molar-refractivity contribution in [1.82, 2.24) is 14.5 Å². The summed E-state index contributed by atoms with van der Waals surface area (Å²) in [4.78, 5) is 14.6. The maximum atomic E-state index is 5.13. The molecule has 5 nitrogen and oxygen atoms in total. The van der Waals surface area contributed by atoms with Crippen LogP contribution in [0.4, 0.5) is 11.4 Å². The molecule has 1 fully saturated rings. The van der Waals surface area contributed by atoms with Crippen molar-refractivity contribution >= 4 is 22.4 Å². The summed E-state index contributed by atoms with van der Waals surface area (Å²) in [5.74, 6) is 0. The highest BCUT2D eigenvalue weighted by atomic mass is 15.0. The van der Waals surface area contributed by atoms with Crippen LogP contribution >= 0.6 is 0 Å². The summed E-state index contributed by atoms with van der Waals surface area (Å²) in [5, 5.41) is 4.52. The molecule has 1 N–H and O–H groups in total. The summed E-state index contributed by atoms with van der Waals surface area (Å²) in [7, 11) is 0. The van der Waals surface area contributed by atoms with Crippen molar-refractivity contribution in [2.45, 2.75) is 39.2 Å². The van der Waals surface area contributed by atoms with E-state index in [0.717, 1.165) is 63.4 Å². The quantitative estimate of drug-likeness (QED) is 0.329. The molecule has 0 amide bonds. The van der Waals surface area contributed by atoms with Gasteiger partial charge in [0.1, 0.15) is 0 Å². The van der Waals surface area contributed by atoms with Crippen LogP contribution in [0, 0.1) is 13.8 Å². The minimum absolute atomic E-state index is 0.385. The van der Waals surface area contributed by atoms with Gasteiger partial charge in [0.25, 0.3) is 0 Å². The first-order valence-corrected chi connectivity index (χ1v) is 11.9. The molecule has 2 heterocycles. The number of nitrogens with one attached hydrogen (secondary N) is 1. The molecular weight excluding hydrogens is 418 g/mol. The van der Waals surface area contributed by atoms with Gasteiger partial charge in [0.05, 0.1) is 51.4 Å². The highest BCUT2D eigenvalue weighted by Crippen LogP contribution is 2.31. The number of hydrogen-bond donors (Lipinski definition) is 1. The highest BCUT2D eigenvalue weighted by molar-refractivity contribution is 5.84. The second-order valence-corrected chi connectivity index (χ2v) is 9.16. The predicted molar refractivity (Wildman–Crippen MR) is 138 cm³/mol. The van der Waals surface area contributed by atoms with E-state index in [0.29, 0.717) is 6.04 Å². The third kappa shape index (κ3) is 3.83. The molecule has 2 aromatic carbocycles. The van der Waals surface area contributed by atoms with E-state index in [4.69, 9.17) is 9.98 Å². The van der Waals surface area contributed by atoms with Crippen molar-refractivity contribution in [2.75, 3.05) is 5.32 Å². The predicted octanol–water partition coefficient (Wildman–Crippen LogP) is 6.34. The lowest BCUT2D eigenvalue weighted by Gasteiger charge is -2.23. The Morgan fingerprint density at radius 2 is 1.76 bits per heavy atom. The molecular formula is C29H27N5. The molecule has 0 saturated heterocycles. The zero-order valence-corrected chi connectivity index (χ0v) is 19.5. The largest absolute Gasteiger partial charge is 0.352 e. The fraction of sp³-hybridized carbons (Fsp3) is 0.207. The van der Waals surface area contributed by atoms with Crippen LogP contribution in [0.5, 0.6) is 0 Å². The van der Waals surface area contributed by atoms with Gasteiger partial charge in [-0.15, -0.1) is 0 Å². The number of aromatic nitrogens is 3. The number of pyridine rings is 1. The molecule has 1 aromatic heterocycles. The van der Waals surface area contributed by atoms with Gasteiger partial charge in [0.15, 0.2) is 0 Å². The average Bonchev–Trinajstić information content (AvgIpc) is 2.82. The van der Waals surface area contributed by atoms with Gasteiger partial charge in [-0.3, -0.25) is 9.98 Å². The van der Waals surface area contributed by atoms with Crippen LogP contribution in [0.3, 0.4) is 0 Å². The molecule has 6 rings (SSSR count). The number of fused-ring (bicyclic) bond motifs is 2. The van der Waals surface area contributed by atoms with Crippen LogP contribution in [0.2, 0.25) is 0 Å². The van der Waals surface area contributed by atoms with Crippen molar-refractivity contribution in [3.63, 3.8) is 0 Å². The molecule has 5 heteroatoms. The molecule has 1 saturated carbocycles. The van der Waals surface area contributed by atoms with Gasteiger partial charge in [0, 0.05) is 11.4 Å². The van der Waals surface area contributed by atoms with Gasteiger partial charge in [0.2, 0.25) is 0 Å². The van der Waals surface area contributed by atoms with Gasteiger partial charge in [-0.05, 0) is 81.6 Å². The molecule has 3 aliphatic rings. The second-order valence-electron chi connectivity index (χ2n) is 9.16. The zero-order valence-electron chi connectivity index (χ0n) is 19.5. The number of nitrogens with zero attached hydrogens (tertiary/aromatic N) is 4. The minimum atomic E-state index is 0.385. The molecule has 0 atom stereocenters.